The van der Waals surface area contributed by atoms with Gasteiger partial charge in [0.15, 0.2) is 6.61 Å². The molecule has 1 N–H and O–H groups in total. The number of methoxy groups -OCH3 is 2. The van der Waals surface area contributed by atoms with E-state index in [9.17, 15) is 13.2 Å². The molecule has 0 radical (unpaired) electrons. The van der Waals surface area contributed by atoms with Crippen LogP contribution in [0.15, 0.2) is 71.6 Å². The van der Waals surface area contributed by atoms with Gasteiger partial charge in [-0.1, -0.05) is 12.1 Å². The Balaban J connectivity index is 1.41. The maximum absolute atomic E-state index is 13.1. The minimum absolute atomic E-state index is 0.164. The molecule has 0 aromatic heterocycles. The van der Waals surface area contributed by atoms with Gasteiger partial charge >= 0.3 is 0 Å². The van der Waals surface area contributed by atoms with Crippen LogP contribution in [0.25, 0.3) is 0 Å². The molecule has 0 spiro atoms. The highest BCUT2D eigenvalue weighted by Crippen LogP contribution is 2.28. The van der Waals surface area contributed by atoms with Gasteiger partial charge in [0.05, 0.1) is 19.1 Å². The summed E-state index contributed by atoms with van der Waals surface area (Å²) in [6.45, 7) is 0.456. The third-order valence-electron chi connectivity index (χ3n) is 5.58. The van der Waals surface area contributed by atoms with Crippen LogP contribution in [0.1, 0.15) is 11.1 Å². The van der Waals surface area contributed by atoms with Crippen LogP contribution < -0.4 is 19.5 Å². The molecular formula is C25H26N2O6S. The molecule has 0 bridgehead atoms. The van der Waals surface area contributed by atoms with Gasteiger partial charge in [-0.3, -0.25) is 4.79 Å². The molecule has 3 aromatic carbocycles. The summed E-state index contributed by atoms with van der Waals surface area (Å²) in [6, 6.07) is 18.9. The first-order chi connectivity index (χ1) is 16.4. The first kappa shape index (κ1) is 23.6. The van der Waals surface area contributed by atoms with Gasteiger partial charge in [-0.2, -0.15) is 4.31 Å². The van der Waals surface area contributed by atoms with Gasteiger partial charge in [0.25, 0.3) is 5.91 Å². The van der Waals surface area contributed by atoms with E-state index in [1.165, 1.54) is 11.4 Å². The molecule has 4 rings (SSSR count). The van der Waals surface area contributed by atoms with E-state index in [0.717, 1.165) is 11.1 Å². The summed E-state index contributed by atoms with van der Waals surface area (Å²) in [5.41, 5.74) is 2.50. The summed E-state index contributed by atoms with van der Waals surface area (Å²) < 4.78 is 43.5. The van der Waals surface area contributed by atoms with Crippen molar-refractivity contribution in [1.82, 2.24) is 4.31 Å². The van der Waals surface area contributed by atoms with Crippen LogP contribution in [0.3, 0.4) is 0 Å². The van der Waals surface area contributed by atoms with E-state index in [0.29, 0.717) is 35.9 Å². The fourth-order valence-electron chi connectivity index (χ4n) is 3.75. The van der Waals surface area contributed by atoms with Crippen LogP contribution in [0.4, 0.5) is 5.69 Å². The predicted octanol–water partition coefficient (Wildman–Crippen LogP) is 3.47. The van der Waals surface area contributed by atoms with E-state index in [2.05, 4.69) is 5.32 Å². The van der Waals surface area contributed by atoms with Gasteiger partial charge in [0.2, 0.25) is 10.0 Å². The Bertz CT molecular complexity index is 1270. The van der Waals surface area contributed by atoms with Crippen molar-refractivity contribution in [2.45, 2.75) is 17.9 Å². The van der Waals surface area contributed by atoms with Crippen molar-refractivity contribution in [1.29, 1.82) is 0 Å². The number of anilines is 1. The summed E-state index contributed by atoms with van der Waals surface area (Å²) in [5, 5.41) is 2.81. The largest absolute Gasteiger partial charge is 0.497 e. The molecule has 1 aliphatic heterocycles. The van der Waals surface area contributed by atoms with E-state index < -0.39 is 10.0 Å². The normalized spacial score (nSPS) is 13.6. The lowest BCUT2D eigenvalue weighted by Gasteiger charge is -2.28. The highest BCUT2D eigenvalue weighted by atomic mass is 32.2. The number of nitrogens with one attached hydrogen (secondary N) is 1. The lowest BCUT2D eigenvalue weighted by atomic mass is 10.0. The number of nitrogens with zero attached hydrogens (tertiary/aromatic N) is 1. The van der Waals surface area contributed by atoms with Gasteiger partial charge in [0.1, 0.15) is 17.2 Å². The minimum Gasteiger partial charge on any atom is -0.497 e. The number of carbonyl (C=O) groups is 1. The van der Waals surface area contributed by atoms with Gasteiger partial charge < -0.3 is 19.5 Å². The maximum atomic E-state index is 13.1. The number of rotatable bonds is 8. The van der Waals surface area contributed by atoms with Gasteiger partial charge in [-0.05, 0) is 66.1 Å². The summed E-state index contributed by atoms with van der Waals surface area (Å²) in [6.07, 6.45) is 0.595. The molecule has 178 valence electrons. The zero-order valence-corrected chi connectivity index (χ0v) is 19.8. The third-order valence-corrected chi connectivity index (χ3v) is 7.44. The fourth-order valence-corrected chi connectivity index (χ4v) is 5.17. The van der Waals surface area contributed by atoms with E-state index in [1.54, 1.807) is 55.6 Å². The van der Waals surface area contributed by atoms with Crippen LogP contribution in [0, 0.1) is 0 Å². The number of benzene rings is 3. The second kappa shape index (κ2) is 10.1. The van der Waals surface area contributed by atoms with Crippen LogP contribution in [-0.2, 0) is 27.8 Å². The maximum Gasteiger partial charge on any atom is 0.262 e. The van der Waals surface area contributed by atoms with Gasteiger partial charge in [0, 0.05) is 24.8 Å². The predicted molar refractivity (Wildman–Crippen MR) is 128 cm³/mol. The number of hydrogen-bond donors (Lipinski definition) is 1. The molecule has 0 fully saturated rings. The van der Waals surface area contributed by atoms with Crippen molar-refractivity contribution < 1.29 is 27.4 Å². The van der Waals surface area contributed by atoms with E-state index in [4.69, 9.17) is 14.2 Å². The van der Waals surface area contributed by atoms with Crippen molar-refractivity contribution in [2.24, 2.45) is 0 Å². The third kappa shape index (κ3) is 5.32. The monoisotopic (exact) mass is 482 g/mol. The average molecular weight is 483 g/mol. The smallest absolute Gasteiger partial charge is 0.262 e. The molecule has 0 saturated heterocycles. The van der Waals surface area contributed by atoms with Crippen molar-refractivity contribution in [2.75, 3.05) is 32.7 Å². The SMILES string of the molecule is COc1ccc(S(=O)(=O)N2CCc3ccc(NC(=O)COc4cccc(OC)c4)cc3C2)cc1. The zero-order chi connectivity index (χ0) is 24.1. The zero-order valence-electron chi connectivity index (χ0n) is 19.0. The fraction of sp³-hybridized carbons (Fsp3) is 0.240. The molecule has 0 unspecified atom stereocenters. The van der Waals surface area contributed by atoms with E-state index in [-0.39, 0.29) is 24.0 Å². The van der Waals surface area contributed by atoms with Gasteiger partial charge in [-0.15, -0.1) is 0 Å². The van der Waals surface area contributed by atoms with Crippen molar-refractivity contribution >= 4 is 21.6 Å². The quantitative estimate of drug-likeness (QED) is 0.528. The summed E-state index contributed by atoms with van der Waals surface area (Å²) in [5.74, 6) is 1.45. The number of hydrogen-bond acceptors (Lipinski definition) is 6. The molecule has 1 amide bonds. The lowest BCUT2D eigenvalue weighted by Crippen LogP contribution is -2.36. The summed E-state index contributed by atoms with van der Waals surface area (Å²) in [4.78, 5) is 12.6. The summed E-state index contributed by atoms with van der Waals surface area (Å²) >= 11 is 0. The molecule has 9 heteroatoms. The Morgan fingerprint density at radius 1 is 0.912 bits per heavy atom. The summed E-state index contributed by atoms with van der Waals surface area (Å²) in [7, 11) is -0.556. The van der Waals surface area contributed by atoms with Gasteiger partial charge in [-0.25, -0.2) is 8.42 Å². The number of amides is 1. The molecule has 34 heavy (non-hydrogen) atoms. The standard InChI is InChI=1S/C25H26N2O6S/c1-31-21-8-10-24(11-9-21)34(29,30)27-13-12-18-6-7-20(14-19(18)16-27)26-25(28)17-33-23-5-3-4-22(15-23)32-2/h3-11,14-15H,12-13,16-17H2,1-2H3,(H,26,28). The van der Waals surface area contributed by atoms with Crippen LogP contribution >= 0.6 is 0 Å². The Morgan fingerprint density at radius 2 is 1.65 bits per heavy atom. The first-order valence-corrected chi connectivity index (χ1v) is 12.2. The Labute approximate surface area is 199 Å². The minimum atomic E-state index is -3.65. The molecule has 0 aliphatic carbocycles. The molecule has 3 aromatic rings. The van der Waals surface area contributed by atoms with Crippen LogP contribution in [0.2, 0.25) is 0 Å². The van der Waals surface area contributed by atoms with Crippen LogP contribution in [-0.4, -0.2) is 46.0 Å². The highest BCUT2D eigenvalue weighted by molar-refractivity contribution is 7.89. The van der Waals surface area contributed by atoms with E-state index in [1.807, 2.05) is 18.2 Å². The lowest BCUT2D eigenvalue weighted by molar-refractivity contribution is -0.118. The average Bonchev–Trinajstić information content (AvgIpc) is 2.87. The second-order valence-corrected chi connectivity index (χ2v) is 9.70. The van der Waals surface area contributed by atoms with Crippen molar-refractivity contribution in [3.63, 3.8) is 0 Å². The molecular weight excluding hydrogens is 456 g/mol. The van der Waals surface area contributed by atoms with Crippen LogP contribution in [0.5, 0.6) is 17.2 Å². The number of ether oxygens (including phenoxy) is 3. The Hall–Kier alpha value is -3.56. The van der Waals surface area contributed by atoms with Crippen molar-refractivity contribution in [3.8, 4) is 17.2 Å². The van der Waals surface area contributed by atoms with E-state index >= 15 is 0 Å². The van der Waals surface area contributed by atoms with Crippen molar-refractivity contribution in [3.05, 3.63) is 77.9 Å². The Morgan fingerprint density at radius 3 is 2.38 bits per heavy atom. The second-order valence-electron chi connectivity index (χ2n) is 7.76. The molecule has 8 nitrogen and oxygen atoms in total. The highest BCUT2D eigenvalue weighted by Gasteiger charge is 2.28. The molecule has 0 atom stereocenters. The Kier molecular flexibility index (Phi) is 7.04. The number of fused-ring (bicyclic) bond motifs is 1. The molecule has 0 saturated carbocycles. The number of carbonyl (C=O) groups excluding carboxylic acids is 1. The first-order valence-electron chi connectivity index (χ1n) is 10.7. The topological polar surface area (TPSA) is 94.2 Å². The molecule has 1 aliphatic rings. The molecule has 1 heterocycles. The number of sulfonamides is 1.